The van der Waals surface area contributed by atoms with Gasteiger partial charge in [-0.25, -0.2) is 4.79 Å². The van der Waals surface area contributed by atoms with Crippen molar-refractivity contribution in [3.05, 3.63) is 0 Å². The van der Waals surface area contributed by atoms with Crippen molar-refractivity contribution in [2.24, 2.45) is 17.8 Å². The minimum absolute atomic E-state index is 0.0254. The number of rotatable bonds is 1. The van der Waals surface area contributed by atoms with E-state index in [2.05, 4.69) is 0 Å². The molecule has 2 rings (SSSR count). The number of amides is 1. The van der Waals surface area contributed by atoms with E-state index in [0.717, 1.165) is 6.29 Å². The van der Waals surface area contributed by atoms with Crippen molar-refractivity contribution < 1.29 is 19.1 Å². The number of fused-ring (bicyclic) bond motifs is 2. The molecule has 2 aliphatic heterocycles. The molecule has 2 atom stereocenters. The standard InChI is InChI=1S/C13H21NO4/c1-13(2,3)18-12(16)14-4-9-7-17-8-10(5-14)11(9)6-15/h6,9-11H,4-5,7-8H2,1-3H3. The van der Waals surface area contributed by atoms with Gasteiger partial charge in [-0.05, 0) is 20.8 Å². The number of ether oxygens (including phenoxy) is 2. The highest BCUT2D eigenvalue weighted by atomic mass is 16.6. The van der Waals surface area contributed by atoms with Crippen LogP contribution in [0.1, 0.15) is 20.8 Å². The first-order chi connectivity index (χ1) is 8.40. The van der Waals surface area contributed by atoms with Gasteiger partial charge in [-0.15, -0.1) is 0 Å². The Labute approximate surface area is 107 Å². The van der Waals surface area contributed by atoms with Gasteiger partial charge in [0.2, 0.25) is 0 Å². The number of hydrogen-bond acceptors (Lipinski definition) is 4. The quantitative estimate of drug-likeness (QED) is 0.663. The van der Waals surface area contributed by atoms with Gasteiger partial charge in [0.15, 0.2) is 0 Å². The van der Waals surface area contributed by atoms with Gasteiger partial charge in [0.25, 0.3) is 0 Å². The Morgan fingerprint density at radius 3 is 2.28 bits per heavy atom. The van der Waals surface area contributed by atoms with Crippen LogP contribution in [0, 0.1) is 17.8 Å². The van der Waals surface area contributed by atoms with E-state index < -0.39 is 5.60 Å². The summed E-state index contributed by atoms with van der Waals surface area (Å²) in [6.45, 7) is 7.77. The number of likely N-dealkylation sites (tertiary alicyclic amines) is 1. The lowest BCUT2D eigenvalue weighted by atomic mass is 9.77. The van der Waals surface area contributed by atoms with Gasteiger partial charge in [0.05, 0.1) is 13.2 Å². The first-order valence-corrected chi connectivity index (χ1v) is 6.41. The molecule has 2 bridgehead atoms. The predicted molar refractivity (Wildman–Crippen MR) is 65.2 cm³/mol. The first kappa shape index (κ1) is 13.3. The Morgan fingerprint density at radius 2 is 1.83 bits per heavy atom. The molecular formula is C13H21NO4. The Morgan fingerprint density at radius 1 is 1.28 bits per heavy atom. The van der Waals surface area contributed by atoms with E-state index in [0.29, 0.717) is 26.3 Å². The first-order valence-electron chi connectivity index (χ1n) is 6.41. The molecule has 2 unspecified atom stereocenters. The molecule has 0 spiro atoms. The lowest BCUT2D eigenvalue weighted by molar-refractivity contribution is -0.129. The summed E-state index contributed by atoms with van der Waals surface area (Å²) >= 11 is 0. The summed E-state index contributed by atoms with van der Waals surface area (Å²) in [7, 11) is 0. The summed E-state index contributed by atoms with van der Waals surface area (Å²) in [6.07, 6.45) is 0.730. The average molecular weight is 255 g/mol. The second-order valence-corrected chi connectivity index (χ2v) is 6.16. The largest absolute Gasteiger partial charge is 0.444 e. The fourth-order valence-corrected chi connectivity index (χ4v) is 2.67. The number of carbonyl (C=O) groups excluding carboxylic acids is 2. The molecule has 2 saturated heterocycles. The van der Waals surface area contributed by atoms with Gasteiger partial charge in [-0.3, -0.25) is 0 Å². The van der Waals surface area contributed by atoms with Crippen LogP contribution in [0.2, 0.25) is 0 Å². The third-order valence-electron chi connectivity index (χ3n) is 3.47. The van der Waals surface area contributed by atoms with Crippen LogP contribution in [0.15, 0.2) is 0 Å². The highest BCUT2D eigenvalue weighted by molar-refractivity contribution is 5.69. The molecule has 18 heavy (non-hydrogen) atoms. The Balaban J connectivity index is 2.01. The monoisotopic (exact) mass is 255 g/mol. The molecule has 2 aliphatic rings. The summed E-state index contributed by atoms with van der Waals surface area (Å²) in [5, 5.41) is 0. The maximum absolute atomic E-state index is 12.0. The van der Waals surface area contributed by atoms with E-state index in [4.69, 9.17) is 9.47 Å². The topological polar surface area (TPSA) is 55.8 Å². The van der Waals surface area contributed by atoms with Crippen molar-refractivity contribution in [2.45, 2.75) is 26.4 Å². The maximum Gasteiger partial charge on any atom is 0.410 e. The molecule has 2 heterocycles. The Kier molecular flexibility index (Phi) is 3.61. The molecule has 2 fully saturated rings. The second-order valence-electron chi connectivity index (χ2n) is 6.16. The van der Waals surface area contributed by atoms with Crippen LogP contribution in [0.3, 0.4) is 0 Å². The molecule has 0 saturated carbocycles. The van der Waals surface area contributed by atoms with Crippen LogP contribution in [-0.2, 0) is 14.3 Å². The number of nitrogens with zero attached hydrogens (tertiary/aromatic N) is 1. The van der Waals surface area contributed by atoms with E-state index in [1.54, 1.807) is 4.90 Å². The molecule has 5 heteroatoms. The van der Waals surface area contributed by atoms with E-state index in [1.165, 1.54) is 0 Å². The highest BCUT2D eigenvalue weighted by Gasteiger charge is 2.42. The zero-order chi connectivity index (χ0) is 13.3. The van der Waals surface area contributed by atoms with E-state index in [9.17, 15) is 9.59 Å². The summed E-state index contributed by atoms with van der Waals surface area (Å²) in [5.41, 5.74) is -0.482. The van der Waals surface area contributed by atoms with Crippen LogP contribution >= 0.6 is 0 Å². The summed E-state index contributed by atoms with van der Waals surface area (Å²) < 4.78 is 10.8. The van der Waals surface area contributed by atoms with Gasteiger partial charge in [0, 0.05) is 30.8 Å². The molecule has 5 nitrogen and oxygen atoms in total. The molecule has 0 aliphatic carbocycles. The molecule has 0 N–H and O–H groups in total. The summed E-state index contributed by atoms with van der Waals surface area (Å²) in [6, 6.07) is 0. The molecule has 0 aromatic rings. The number of hydrogen-bond donors (Lipinski definition) is 0. The zero-order valence-electron chi connectivity index (χ0n) is 11.2. The zero-order valence-corrected chi connectivity index (χ0v) is 11.2. The van der Waals surface area contributed by atoms with Crippen molar-refractivity contribution in [1.29, 1.82) is 0 Å². The van der Waals surface area contributed by atoms with Gasteiger partial charge < -0.3 is 19.2 Å². The third kappa shape index (κ3) is 2.83. The highest BCUT2D eigenvalue weighted by Crippen LogP contribution is 2.32. The second kappa shape index (κ2) is 4.88. The van der Waals surface area contributed by atoms with Gasteiger partial charge >= 0.3 is 6.09 Å². The molecule has 0 radical (unpaired) electrons. The van der Waals surface area contributed by atoms with Crippen LogP contribution in [-0.4, -0.2) is 49.2 Å². The van der Waals surface area contributed by atoms with Crippen molar-refractivity contribution in [3.8, 4) is 0 Å². The molecular weight excluding hydrogens is 234 g/mol. The van der Waals surface area contributed by atoms with Gasteiger partial charge in [0.1, 0.15) is 11.9 Å². The Bertz CT molecular complexity index is 322. The average Bonchev–Trinajstić information content (AvgIpc) is 2.24. The van der Waals surface area contributed by atoms with E-state index in [-0.39, 0.29) is 23.8 Å². The van der Waals surface area contributed by atoms with Crippen molar-refractivity contribution >= 4 is 12.4 Å². The molecule has 0 aromatic carbocycles. The number of piperidine rings is 1. The van der Waals surface area contributed by atoms with Gasteiger partial charge in [-0.1, -0.05) is 0 Å². The molecule has 102 valence electrons. The minimum Gasteiger partial charge on any atom is -0.444 e. The van der Waals surface area contributed by atoms with Crippen molar-refractivity contribution in [3.63, 3.8) is 0 Å². The van der Waals surface area contributed by atoms with E-state index in [1.807, 2.05) is 20.8 Å². The lowest BCUT2D eigenvalue weighted by Gasteiger charge is -2.44. The Hall–Kier alpha value is -1.10. The fourth-order valence-electron chi connectivity index (χ4n) is 2.67. The molecule has 1 amide bonds. The van der Waals surface area contributed by atoms with Gasteiger partial charge in [-0.2, -0.15) is 0 Å². The lowest BCUT2D eigenvalue weighted by Crippen LogP contribution is -2.55. The smallest absolute Gasteiger partial charge is 0.410 e. The summed E-state index contributed by atoms with van der Waals surface area (Å²) in [5.74, 6) is 0.252. The normalized spacial score (nSPS) is 31.9. The summed E-state index contributed by atoms with van der Waals surface area (Å²) in [4.78, 5) is 24.8. The van der Waals surface area contributed by atoms with Crippen molar-refractivity contribution in [2.75, 3.05) is 26.3 Å². The maximum atomic E-state index is 12.0. The third-order valence-corrected chi connectivity index (χ3v) is 3.47. The SMILES string of the molecule is CC(C)(C)OC(=O)N1CC2COCC(C1)C2C=O. The van der Waals surface area contributed by atoms with Crippen molar-refractivity contribution in [1.82, 2.24) is 4.90 Å². The minimum atomic E-state index is -0.482. The van der Waals surface area contributed by atoms with Crippen LogP contribution in [0.4, 0.5) is 4.79 Å². The van der Waals surface area contributed by atoms with Crippen LogP contribution < -0.4 is 0 Å². The molecule has 0 aromatic heterocycles. The van der Waals surface area contributed by atoms with E-state index >= 15 is 0 Å². The predicted octanol–water partition coefficient (Wildman–Crippen LogP) is 1.31. The van der Waals surface area contributed by atoms with Crippen LogP contribution in [0.25, 0.3) is 0 Å². The fraction of sp³-hybridized carbons (Fsp3) is 0.846. The number of carbonyl (C=O) groups is 2. The number of aldehydes is 1. The van der Waals surface area contributed by atoms with Crippen LogP contribution in [0.5, 0.6) is 0 Å².